The number of rotatable bonds is 3. The molecule has 0 saturated heterocycles. The highest BCUT2D eigenvalue weighted by atomic mass is 16.6. The first-order valence-electron chi connectivity index (χ1n) is 9.88. The number of hydrogen-bond donors (Lipinski definition) is 2. The van der Waals surface area contributed by atoms with Crippen molar-refractivity contribution in [1.29, 1.82) is 0 Å². The summed E-state index contributed by atoms with van der Waals surface area (Å²) in [5, 5.41) is 5.39. The highest BCUT2D eigenvalue weighted by molar-refractivity contribution is 5.97. The van der Waals surface area contributed by atoms with Crippen molar-refractivity contribution in [3.8, 4) is 0 Å². The number of carbonyl (C=O) groups excluding carboxylic acids is 3. The van der Waals surface area contributed by atoms with Gasteiger partial charge in [0.2, 0.25) is 5.91 Å². The van der Waals surface area contributed by atoms with Gasteiger partial charge in [0, 0.05) is 20.1 Å². The van der Waals surface area contributed by atoms with Crippen molar-refractivity contribution in [1.82, 2.24) is 25.1 Å². The molecular formula is C20H33N5O4. The lowest BCUT2D eigenvalue weighted by Gasteiger charge is -2.30. The summed E-state index contributed by atoms with van der Waals surface area (Å²) in [4.78, 5) is 43.6. The minimum atomic E-state index is -0.718. The van der Waals surface area contributed by atoms with Crippen LogP contribution < -0.4 is 10.6 Å². The third kappa shape index (κ3) is 5.71. The van der Waals surface area contributed by atoms with Crippen molar-refractivity contribution in [2.45, 2.75) is 72.7 Å². The quantitative estimate of drug-likeness (QED) is 0.796. The lowest BCUT2D eigenvalue weighted by molar-refractivity contribution is -0.124. The van der Waals surface area contributed by atoms with Crippen molar-refractivity contribution in [3.05, 3.63) is 17.7 Å². The molecule has 2 N–H and O–H groups in total. The summed E-state index contributed by atoms with van der Waals surface area (Å²) in [7, 11) is 1.54. The monoisotopic (exact) mass is 407 g/mol. The summed E-state index contributed by atoms with van der Waals surface area (Å²) >= 11 is 0. The Morgan fingerprint density at radius 2 is 1.79 bits per heavy atom. The maximum absolute atomic E-state index is 13.0. The van der Waals surface area contributed by atoms with Gasteiger partial charge in [-0.25, -0.2) is 9.78 Å². The van der Waals surface area contributed by atoms with Crippen LogP contribution in [0.2, 0.25) is 0 Å². The van der Waals surface area contributed by atoms with Crippen LogP contribution in [0.3, 0.4) is 0 Å². The standard InChI is InChI=1S/C20H33N5O4/c1-19(2,3)15(17(27)21-7)23-16(26)14-13-11-24(18(28)29-20(4,5)6)9-8-10-25(13)12-22-14/h12,15H,8-11H2,1-7H3,(H,21,27)(H,23,26)/t15-/m1/s1. The fourth-order valence-corrected chi connectivity index (χ4v) is 3.15. The maximum atomic E-state index is 13.0. The molecular weight excluding hydrogens is 374 g/mol. The summed E-state index contributed by atoms with van der Waals surface area (Å²) in [5.41, 5.74) is -0.222. The Kier molecular flexibility index (Phi) is 6.60. The van der Waals surface area contributed by atoms with Gasteiger partial charge in [0.1, 0.15) is 11.6 Å². The molecule has 0 radical (unpaired) electrons. The number of imidazole rings is 1. The molecule has 2 heterocycles. The van der Waals surface area contributed by atoms with Gasteiger partial charge in [-0.3, -0.25) is 9.59 Å². The Morgan fingerprint density at radius 3 is 2.34 bits per heavy atom. The summed E-state index contributed by atoms with van der Waals surface area (Å²) < 4.78 is 7.36. The average molecular weight is 408 g/mol. The van der Waals surface area contributed by atoms with E-state index in [2.05, 4.69) is 15.6 Å². The molecule has 2 rings (SSSR count). The van der Waals surface area contributed by atoms with Gasteiger partial charge >= 0.3 is 6.09 Å². The van der Waals surface area contributed by atoms with E-state index in [0.29, 0.717) is 18.8 Å². The summed E-state index contributed by atoms with van der Waals surface area (Å²) in [6, 6.07) is -0.718. The van der Waals surface area contributed by atoms with Crippen molar-refractivity contribution in [3.63, 3.8) is 0 Å². The minimum Gasteiger partial charge on any atom is -0.444 e. The molecule has 1 aromatic rings. The fourth-order valence-electron chi connectivity index (χ4n) is 3.15. The van der Waals surface area contributed by atoms with Gasteiger partial charge in [0.15, 0.2) is 5.69 Å². The topological polar surface area (TPSA) is 106 Å². The lowest BCUT2D eigenvalue weighted by atomic mass is 9.86. The minimum absolute atomic E-state index is 0.220. The fraction of sp³-hybridized carbons (Fsp3) is 0.700. The Morgan fingerprint density at radius 1 is 1.14 bits per heavy atom. The highest BCUT2D eigenvalue weighted by Crippen LogP contribution is 2.22. The number of fused-ring (bicyclic) bond motifs is 1. The first-order valence-corrected chi connectivity index (χ1v) is 9.88. The van der Waals surface area contributed by atoms with E-state index in [9.17, 15) is 14.4 Å². The van der Waals surface area contributed by atoms with Crippen LogP contribution in [0, 0.1) is 5.41 Å². The second-order valence-electron chi connectivity index (χ2n) is 9.38. The number of aryl methyl sites for hydroxylation is 1. The summed E-state index contributed by atoms with van der Waals surface area (Å²) in [5.74, 6) is -0.708. The molecule has 1 aliphatic heterocycles. The molecule has 1 aliphatic rings. The molecule has 0 spiro atoms. The number of nitrogens with one attached hydrogen (secondary N) is 2. The molecule has 0 saturated carbocycles. The number of amides is 3. The van der Waals surface area contributed by atoms with Crippen LogP contribution >= 0.6 is 0 Å². The largest absolute Gasteiger partial charge is 0.444 e. The zero-order valence-corrected chi connectivity index (χ0v) is 18.5. The normalized spacial score (nSPS) is 15.8. The second-order valence-corrected chi connectivity index (χ2v) is 9.38. The van der Waals surface area contributed by atoms with Crippen LogP contribution in [0.5, 0.6) is 0 Å². The maximum Gasteiger partial charge on any atom is 0.410 e. The van der Waals surface area contributed by atoms with Crippen LogP contribution in [-0.4, -0.2) is 57.6 Å². The Balaban J connectivity index is 2.25. The molecule has 9 nitrogen and oxygen atoms in total. The van der Waals surface area contributed by atoms with E-state index >= 15 is 0 Å². The molecule has 0 bridgehead atoms. The molecule has 1 atom stereocenters. The zero-order chi connectivity index (χ0) is 22.0. The van der Waals surface area contributed by atoms with Crippen LogP contribution in [0.25, 0.3) is 0 Å². The van der Waals surface area contributed by atoms with E-state index in [1.54, 1.807) is 11.2 Å². The molecule has 162 valence electrons. The predicted molar refractivity (Wildman–Crippen MR) is 108 cm³/mol. The number of likely N-dealkylation sites (N-methyl/N-ethyl adjacent to an activating group) is 1. The number of aromatic nitrogens is 2. The molecule has 0 aliphatic carbocycles. The van der Waals surface area contributed by atoms with E-state index in [1.165, 1.54) is 7.05 Å². The smallest absolute Gasteiger partial charge is 0.410 e. The van der Waals surface area contributed by atoms with E-state index in [1.807, 2.05) is 46.1 Å². The molecule has 3 amide bonds. The Bertz CT molecular complexity index is 773. The summed E-state index contributed by atoms with van der Waals surface area (Å²) in [6.07, 6.45) is 1.91. The first kappa shape index (κ1) is 22.7. The van der Waals surface area contributed by atoms with E-state index in [4.69, 9.17) is 4.74 Å². The molecule has 29 heavy (non-hydrogen) atoms. The zero-order valence-electron chi connectivity index (χ0n) is 18.5. The van der Waals surface area contributed by atoms with E-state index < -0.39 is 29.1 Å². The third-order valence-electron chi connectivity index (χ3n) is 4.63. The molecule has 0 fully saturated rings. The Hall–Kier alpha value is -2.58. The van der Waals surface area contributed by atoms with Crippen LogP contribution in [-0.2, 0) is 22.6 Å². The second kappa shape index (κ2) is 8.42. The van der Waals surface area contributed by atoms with Crippen LogP contribution in [0.4, 0.5) is 4.79 Å². The number of carbonyl (C=O) groups is 3. The third-order valence-corrected chi connectivity index (χ3v) is 4.63. The molecule has 0 aromatic carbocycles. The van der Waals surface area contributed by atoms with Crippen LogP contribution in [0.1, 0.15) is 64.1 Å². The van der Waals surface area contributed by atoms with Crippen molar-refractivity contribution in [2.75, 3.05) is 13.6 Å². The average Bonchev–Trinajstić information content (AvgIpc) is 2.86. The van der Waals surface area contributed by atoms with Gasteiger partial charge in [-0.2, -0.15) is 0 Å². The first-order chi connectivity index (χ1) is 13.3. The van der Waals surface area contributed by atoms with Gasteiger partial charge in [-0.1, -0.05) is 20.8 Å². The van der Waals surface area contributed by atoms with Crippen molar-refractivity contribution >= 4 is 17.9 Å². The SMILES string of the molecule is CNC(=O)[C@@H](NC(=O)c1ncn2c1CN(C(=O)OC(C)(C)C)CCC2)C(C)(C)C. The lowest BCUT2D eigenvalue weighted by Crippen LogP contribution is -2.53. The van der Waals surface area contributed by atoms with Gasteiger partial charge in [-0.05, 0) is 32.6 Å². The number of hydrogen-bond acceptors (Lipinski definition) is 5. The van der Waals surface area contributed by atoms with E-state index in [0.717, 1.165) is 6.42 Å². The predicted octanol–water partition coefficient (Wildman–Crippen LogP) is 1.91. The molecule has 9 heteroatoms. The number of ether oxygens (including phenoxy) is 1. The Labute approximate surface area is 172 Å². The van der Waals surface area contributed by atoms with Crippen molar-refractivity contribution in [2.24, 2.45) is 5.41 Å². The number of nitrogens with zero attached hydrogens (tertiary/aromatic N) is 3. The van der Waals surface area contributed by atoms with Crippen LogP contribution in [0.15, 0.2) is 6.33 Å². The molecule has 0 unspecified atom stereocenters. The highest BCUT2D eigenvalue weighted by Gasteiger charge is 2.34. The van der Waals surface area contributed by atoms with Gasteiger partial charge in [0.05, 0.1) is 18.6 Å². The summed E-state index contributed by atoms with van der Waals surface area (Å²) in [6.45, 7) is 12.5. The van der Waals surface area contributed by atoms with Gasteiger partial charge in [0.25, 0.3) is 5.91 Å². The van der Waals surface area contributed by atoms with E-state index in [-0.39, 0.29) is 18.1 Å². The van der Waals surface area contributed by atoms with Gasteiger partial charge in [-0.15, -0.1) is 0 Å². The van der Waals surface area contributed by atoms with Gasteiger partial charge < -0.3 is 24.8 Å². The van der Waals surface area contributed by atoms with Crippen molar-refractivity contribution < 1.29 is 19.1 Å². The molecule has 1 aromatic heterocycles.